The van der Waals surface area contributed by atoms with Crippen molar-refractivity contribution in [1.29, 1.82) is 0 Å². The molecule has 0 unspecified atom stereocenters. The van der Waals surface area contributed by atoms with Crippen LogP contribution in [0.5, 0.6) is 0 Å². The first kappa shape index (κ1) is 74.5. The predicted molar refractivity (Wildman–Crippen MR) is 225 cm³/mol. The molecule has 0 amide bonds. The summed E-state index contributed by atoms with van der Waals surface area (Å²) in [6.07, 6.45) is 30.6. The van der Waals surface area contributed by atoms with E-state index in [1.54, 1.807) is 24.3 Å². The second-order valence-corrected chi connectivity index (χ2v) is 25.8. The van der Waals surface area contributed by atoms with Crippen LogP contribution in [0.25, 0.3) is 0 Å². The SMILES string of the molecule is CCP(CC)CC.CCP(CC)CC.CCP(CC)CC.CCP(CC)CC.O=S(=O)([O-])C(F)(F)F.O=S(=O)([O-])C(F)(F)F.[C+]#Cc1cccc(C#[C-])c1.[Pt].[Pt]. The van der Waals surface area contributed by atoms with E-state index in [-0.39, 0.29) is 42.1 Å². The van der Waals surface area contributed by atoms with Crippen molar-refractivity contribution < 1.29 is 94.4 Å². The third-order valence-corrected chi connectivity index (χ3v) is 19.0. The Hall–Kier alpha value is 1.06. The maximum absolute atomic E-state index is 10.7. The summed E-state index contributed by atoms with van der Waals surface area (Å²) in [5, 5.41) is 0. The fourth-order valence-corrected chi connectivity index (χ4v) is 8.72. The van der Waals surface area contributed by atoms with E-state index in [1.165, 1.54) is 73.9 Å². The number of hydrogen-bond acceptors (Lipinski definition) is 6. The molecule has 0 aliphatic carbocycles. The fourth-order valence-electron chi connectivity index (χ4n) is 3.36. The van der Waals surface area contributed by atoms with Crippen LogP contribution in [0.15, 0.2) is 24.3 Å². The Kier molecular flexibility index (Phi) is 60.6. The van der Waals surface area contributed by atoms with Crippen molar-refractivity contribution in [2.75, 3.05) is 73.9 Å². The summed E-state index contributed by atoms with van der Waals surface area (Å²) in [5.41, 5.74) is -9.94. The van der Waals surface area contributed by atoms with E-state index >= 15 is 0 Å². The Morgan fingerprint density at radius 2 is 0.714 bits per heavy atom. The van der Waals surface area contributed by atoms with Crippen molar-refractivity contribution in [3.8, 4) is 11.8 Å². The molecular weight excluding hydrogens is 1220 g/mol. The molecule has 1 aromatic carbocycles. The first-order chi connectivity index (χ1) is 24.7. The Morgan fingerprint density at radius 3 is 0.821 bits per heavy atom. The quantitative estimate of drug-likeness (QED) is 0.0514. The molecule has 0 aliphatic rings. The summed E-state index contributed by atoms with van der Waals surface area (Å²) in [7, 11) is -10.4. The molecule has 0 aliphatic heterocycles. The molecule has 340 valence electrons. The van der Waals surface area contributed by atoms with Gasteiger partial charge in [0.1, 0.15) is 0 Å². The van der Waals surface area contributed by atoms with Crippen LogP contribution in [-0.2, 0) is 62.4 Å². The van der Waals surface area contributed by atoms with Gasteiger partial charge in [0.2, 0.25) is 0 Å². The zero-order valence-corrected chi connectivity index (χ0v) is 44.5. The van der Waals surface area contributed by atoms with Crippen molar-refractivity contribution in [2.24, 2.45) is 0 Å². The van der Waals surface area contributed by atoms with E-state index in [2.05, 4.69) is 94.9 Å². The van der Waals surface area contributed by atoms with Gasteiger partial charge in [-0.25, -0.2) is 16.8 Å². The van der Waals surface area contributed by atoms with Gasteiger partial charge in [-0.3, -0.25) is 0 Å². The molecule has 56 heavy (non-hydrogen) atoms. The molecule has 0 aromatic heterocycles. The van der Waals surface area contributed by atoms with Crippen LogP contribution >= 0.6 is 31.7 Å². The van der Waals surface area contributed by atoms with Gasteiger partial charge in [0, 0.05) is 42.1 Å². The molecule has 0 bridgehead atoms. The molecule has 0 heterocycles. The molecule has 0 fully saturated rings. The first-order valence-electron chi connectivity index (χ1n) is 17.6. The van der Waals surface area contributed by atoms with Crippen molar-refractivity contribution in [2.45, 2.75) is 94.1 Å². The van der Waals surface area contributed by atoms with Gasteiger partial charge < -0.3 is 9.11 Å². The van der Waals surface area contributed by atoms with Gasteiger partial charge in [-0.15, -0.1) is 31.7 Å². The van der Waals surface area contributed by atoms with E-state index in [9.17, 15) is 26.3 Å². The number of benzene rings is 1. The Balaban J connectivity index is -0.0000000799. The van der Waals surface area contributed by atoms with Gasteiger partial charge in [-0.2, -0.15) is 26.3 Å². The molecule has 0 saturated heterocycles. The molecule has 0 atom stereocenters. The molecule has 0 spiro atoms. The second-order valence-electron chi connectivity index (χ2n) is 10.1. The Labute approximate surface area is 371 Å². The Bertz CT molecular complexity index is 1160. The number of rotatable bonds is 12. The van der Waals surface area contributed by atoms with E-state index in [0.717, 1.165) is 0 Å². The maximum atomic E-state index is 10.7. The molecular formula is C36H64F6O6P4Pt2S2-2. The third-order valence-electron chi connectivity index (χ3n) is 7.08. The van der Waals surface area contributed by atoms with E-state index in [1.807, 2.05) is 0 Å². The first-order valence-corrected chi connectivity index (χ1v) is 28.0. The Morgan fingerprint density at radius 1 is 0.536 bits per heavy atom. The normalized spacial score (nSPS) is 10.6. The van der Waals surface area contributed by atoms with E-state index in [4.69, 9.17) is 38.8 Å². The number of alkyl halides is 6. The number of halogens is 6. The van der Waals surface area contributed by atoms with Crippen molar-refractivity contribution in [1.82, 2.24) is 0 Å². The minimum Gasteiger partial charge on any atom is 0 e. The van der Waals surface area contributed by atoms with Gasteiger partial charge >= 0.3 is 71.1 Å². The molecule has 6 nitrogen and oxygen atoms in total. The van der Waals surface area contributed by atoms with Crippen molar-refractivity contribution in [3.05, 3.63) is 48.2 Å². The summed E-state index contributed by atoms with van der Waals surface area (Å²) in [5.74, 6) is 4.46. The van der Waals surface area contributed by atoms with Gasteiger partial charge in [-0.1, -0.05) is 83.1 Å². The van der Waals surface area contributed by atoms with Crippen LogP contribution in [0, 0.1) is 24.7 Å². The van der Waals surface area contributed by atoms with Crippen LogP contribution in [0.2, 0.25) is 0 Å². The average Bonchev–Trinajstić information content (AvgIpc) is 3.11. The van der Waals surface area contributed by atoms with Crippen LogP contribution in [0.1, 0.15) is 94.2 Å². The second kappa shape index (κ2) is 45.6. The summed E-state index contributed by atoms with van der Waals surface area (Å²) in [6, 6.07) is 6.97. The van der Waals surface area contributed by atoms with Gasteiger partial charge in [-0.05, 0) is 73.9 Å². The fraction of sp³-hybridized carbons (Fsp3) is 0.722. The summed E-state index contributed by atoms with van der Waals surface area (Å²) < 4.78 is 118. The van der Waals surface area contributed by atoms with Crippen LogP contribution in [0.4, 0.5) is 26.3 Å². The van der Waals surface area contributed by atoms with Crippen molar-refractivity contribution >= 4 is 51.9 Å². The molecule has 0 saturated carbocycles. The summed E-state index contributed by atoms with van der Waals surface area (Å²) in [4.78, 5) is 0. The molecule has 1 rings (SSSR count). The molecule has 0 radical (unpaired) electrons. The van der Waals surface area contributed by atoms with Gasteiger partial charge in [0.05, 0.1) is 0 Å². The minimum atomic E-state index is -6.09. The van der Waals surface area contributed by atoms with Gasteiger partial charge in [0.25, 0.3) is 0 Å². The summed E-state index contributed by atoms with van der Waals surface area (Å²) in [6.45, 7) is 27.5. The van der Waals surface area contributed by atoms with Crippen LogP contribution in [0.3, 0.4) is 0 Å². The maximum Gasteiger partial charge on any atom is 0 e. The smallest absolute Gasteiger partial charge is 0 e. The summed E-state index contributed by atoms with van der Waals surface area (Å²) >= 11 is 0. The van der Waals surface area contributed by atoms with Crippen LogP contribution < -0.4 is 0 Å². The standard InChI is InChI=1S/C10H4.4C6H15P.2CHF3O3S.2Pt/c1-3-9-6-5-7-10(4-2)8-9;4*1-4-7(5-2)6-3;2*2-1(3,4)8(5,6)7;;/h5-8H;4*4-6H2,1-3H3;2*(H,5,6,7);;/p-2. The topological polar surface area (TPSA) is 114 Å². The molecule has 20 heteroatoms. The zero-order chi connectivity index (χ0) is 44.2. The van der Waals surface area contributed by atoms with Gasteiger partial charge in [0.15, 0.2) is 20.2 Å². The van der Waals surface area contributed by atoms with E-state index < -0.39 is 31.3 Å². The van der Waals surface area contributed by atoms with Crippen molar-refractivity contribution in [3.63, 3.8) is 0 Å². The average molecular weight is 1290 g/mol. The third kappa shape index (κ3) is 49.4. The molecule has 1 aromatic rings. The minimum absolute atomic E-state index is 0. The predicted octanol–water partition coefficient (Wildman–Crippen LogP) is 11.8. The van der Waals surface area contributed by atoms with E-state index in [0.29, 0.717) is 42.8 Å². The molecule has 0 N–H and O–H groups in total. The monoisotopic (exact) mass is 1280 g/mol. The number of hydrogen-bond donors (Lipinski definition) is 0. The van der Waals surface area contributed by atoms with Crippen LogP contribution in [-0.4, -0.2) is 111 Å². The zero-order valence-electron chi connectivity index (χ0n) is 34.7. The largest absolute Gasteiger partial charge is 0 e.